The average Bonchev–Trinajstić information content (AvgIpc) is 2.66. The van der Waals surface area contributed by atoms with Crippen LogP contribution in [0.3, 0.4) is 0 Å². The number of pyridine rings is 1. The molecular weight excluding hydrogens is 400 g/mol. The summed E-state index contributed by atoms with van der Waals surface area (Å²) in [4.78, 5) is 40.0. The summed E-state index contributed by atoms with van der Waals surface area (Å²) in [5.74, 6) is -0.216. The summed E-state index contributed by atoms with van der Waals surface area (Å²) in [7, 11) is 0. The van der Waals surface area contributed by atoms with Crippen LogP contribution in [0.4, 0.5) is 10.6 Å². The molecule has 0 aliphatic heterocycles. The first-order chi connectivity index (χ1) is 14.5. The van der Waals surface area contributed by atoms with E-state index >= 15 is 0 Å². The Labute approximate surface area is 181 Å². The number of hydrogen-bond donors (Lipinski definition) is 4. The molecule has 0 aliphatic carbocycles. The molecule has 0 aliphatic rings. The van der Waals surface area contributed by atoms with Gasteiger partial charge in [-0.1, -0.05) is 18.2 Å². The van der Waals surface area contributed by atoms with E-state index in [0.717, 1.165) is 5.56 Å². The lowest BCUT2D eigenvalue weighted by atomic mass is 10.0. The van der Waals surface area contributed by atoms with E-state index in [0.29, 0.717) is 11.4 Å². The van der Waals surface area contributed by atoms with Crippen molar-refractivity contribution >= 4 is 23.7 Å². The van der Waals surface area contributed by atoms with Gasteiger partial charge in [-0.2, -0.15) is 0 Å². The molecule has 0 spiro atoms. The van der Waals surface area contributed by atoms with Gasteiger partial charge in [0.25, 0.3) is 0 Å². The Hall–Kier alpha value is -3.62. The summed E-state index contributed by atoms with van der Waals surface area (Å²) in [5.41, 5.74) is 0.902. The van der Waals surface area contributed by atoms with Crippen LogP contribution in [0.5, 0.6) is 5.75 Å². The second kappa shape index (κ2) is 10.4. The second-order valence-corrected chi connectivity index (χ2v) is 8.02. The lowest BCUT2D eigenvalue weighted by molar-refractivity contribution is -0.128. The maximum absolute atomic E-state index is 12.6. The van der Waals surface area contributed by atoms with E-state index in [9.17, 15) is 19.5 Å². The molecule has 166 valence electrons. The lowest BCUT2D eigenvalue weighted by Gasteiger charge is -2.19. The number of phenolic OH excluding ortho intramolecular Hbond substituents is 1. The minimum absolute atomic E-state index is 0.126. The number of ether oxygens (including phenoxy) is 1. The Morgan fingerprint density at radius 2 is 1.71 bits per heavy atom. The smallest absolute Gasteiger partial charge is 0.413 e. The van der Waals surface area contributed by atoms with Gasteiger partial charge in [0.05, 0.1) is 0 Å². The number of aromatic nitrogens is 1. The zero-order chi connectivity index (χ0) is 23.0. The van der Waals surface area contributed by atoms with Gasteiger partial charge in [0, 0.05) is 26.1 Å². The first-order valence-corrected chi connectivity index (χ1v) is 9.79. The summed E-state index contributed by atoms with van der Waals surface area (Å²) in [6.07, 6.45) is 1.21. The van der Waals surface area contributed by atoms with Gasteiger partial charge in [-0.25, -0.2) is 9.78 Å². The highest BCUT2D eigenvalue weighted by molar-refractivity contribution is 5.87. The minimum Gasteiger partial charge on any atom is -0.508 e. The van der Waals surface area contributed by atoms with Gasteiger partial charge in [0.15, 0.2) is 0 Å². The van der Waals surface area contributed by atoms with E-state index in [1.54, 1.807) is 45.0 Å². The van der Waals surface area contributed by atoms with Crippen LogP contribution in [0.15, 0.2) is 42.6 Å². The van der Waals surface area contributed by atoms with Crippen molar-refractivity contribution in [3.8, 4) is 5.75 Å². The van der Waals surface area contributed by atoms with Crippen molar-refractivity contribution in [2.75, 3.05) is 5.32 Å². The molecular formula is C22H28N4O5. The number of rotatable bonds is 7. The molecule has 2 rings (SSSR count). The largest absolute Gasteiger partial charge is 0.508 e. The van der Waals surface area contributed by atoms with Gasteiger partial charge in [0.1, 0.15) is 23.2 Å². The van der Waals surface area contributed by atoms with Crippen LogP contribution >= 0.6 is 0 Å². The fourth-order valence-electron chi connectivity index (χ4n) is 2.65. The molecule has 1 heterocycles. The maximum Gasteiger partial charge on any atom is 0.413 e. The highest BCUT2D eigenvalue weighted by atomic mass is 16.6. The van der Waals surface area contributed by atoms with Crippen LogP contribution in [-0.2, 0) is 27.3 Å². The van der Waals surface area contributed by atoms with Gasteiger partial charge in [-0.05, 0) is 50.1 Å². The molecule has 1 aromatic heterocycles. The number of benzene rings is 1. The zero-order valence-corrected chi connectivity index (χ0v) is 18.1. The van der Waals surface area contributed by atoms with E-state index in [1.165, 1.54) is 25.3 Å². The number of aromatic hydroxyl groups is 1. The number of carbonyl (C=O) groups is 3. The third kappa shape index (κ3) is 8.73. The summed E-state index contributed by atoms with van der Waals surface area (Å²) < 4.78 is 5.17. The quantitative estimate of drug-likeness (QED) is 0.536. The number of hydrogen-bond acceptors (Lipinski definition) is 6. The topological polar surface area (TPSA) is 130 Å². The molecule has 9 heteroatoms. The molecule has 2 aromatic rings. The van der Waals surface area contributed by atoms with Gasteiger partial charge < -0.3 is 20.5 Å². The summed E-state index contributed by atoms with van der Waals surface area (Å²) in [6, 6.07) is 8.99. The van der Waals surface area contributed by atoms with Crippen molar-refractivity contribution < 1.29 is 24.2 Å². The van der Waals surface area contributed by atoms with Gasteiger partial charge in [-0.15, -0.1) is 0 Å². The van der Waals surface area contributed by atoms with Crippen molar-refractivity contribution in [2.24, 2.45) is 0 Å². The Kier molecular flexibility index (Phi) is 7.95. The highest BCUT2D eigenvalue weighted by Gasteiger charge is 2.20. The standard InChI is InChI=1S/C22H28N4O5/c1-14(27)25-18(11-15-5-8-17(28)9-6-15)20(29)24-13-16-7-10-19(23-12-16)26-21(30)31-22(2,3)4/h5-10,12,18,28H,11,13H2,1-4H3,(H,24,29)(H,25,27)(H,23,26,30)/t18-/m0/s1. The maximum atomic E-state index is 12.6. The lowest BCUT2D eigenvalue weighted by Crippen LogP contribution is -2.47. The van der Waals surface area contributed by atoms with E-state index in [1.807, 2.05) is 0 Å². The summed E-state index contributed by atoms with van der Waals surface area (Å²) >= 11 is 0. The fourth-order valence-corrected chi connectivity index (χ4v) is 2.65. The molecule has 4 N–H and O–H groups in total. The van der Waals surface area contributed by atoms with Crippen LogP contribution < -0.4 is 16.0 Å². The molecule has 3 amide bonds. The third-order valence-electron chi connectivity index (χ3n) is 3.99. The Bertz CT molecular complexity index is 905. The number of nitrogens with one attached hydrogen (secondary N) is 3. The van der Waals surface area contributed by atoms with Crippen molar-refractivity contribution in [2.45, 2.75) is 52.3 Å². The van der Waals surface area contributed by atoms with Crippen LogP contribution in [0.25, 0.3) is 0 Å². The van der Waals surface area contributed by atoms with Crippen molar-refractivity contribution in [1.82, 2.24) is 15.6 Å². The highest BCUT2D eigenvalue weighted by Crippen LogP contribution is 2.12. The molecule has 0 fully saturated rings. The van der Waals surface area contributed by atoms with E-state index in [4.69, 9.17) is 4.74 Å². The van der Waals surface area contributed by atoms with Gasteiger partial charge >= 0.3 is 6.09 Å². The van der Waals surface area contributed by atoms with Crippen LogP contribution in [-0.4, -0.2) is 39.6 Å². The van der Waals surface area contributed by atoms with Crippen LogP contribution in [0.2, 0.25) is 0 Å². The summed E-state index contributed by atoms with van der Waals surface area (Å²) in [6.45, 7) is 6.84. The first-order valence-electron chi connectivity index (χ1n) is 9.79. The SMILES string of the molecule is CC(=O)N[C@@H](Cc1ccc(O)cc1)C(=O)NCc1ccc(NC(=O)OC(C)(C)C)nc1. The number of nitrogens with zero attached hydrogens (tertiary/aromatic N) is 1. The molecule has 0 bridgehead atoms. The number of phenols is 1. The monoisotopic (exact) mass is 428 g/mol. The van der Waals surface area contributed by atoms with Crippen LogP contribution in [0, 0.1) is 0 Å². The molecule has 0 radical (unpaired) electrons. The van der Waals surface area contributed by atoms with E-state index in [2.05, 4.69) is 20.9 Å². The van der Waals surface area contributed by atoms with Gasteiger partial charge in [-0.3, -0.25) is 14.9 Å². The van der Waals surface area contributed by atoms with Gasteiger partial charge in [0.2, 0.25) is 11.8 Å². The van der Waals surface area contributed by atoms with Crippen molar-refractivity contribution in [3.63, 3.8) is 0 Å². The molecule has 31 heavy (non-hydrogen) atoms. The Morgan fingerprint density at radius 1 is 1.06 bits per heavy atom. The molecule has 9 nitrogen and oxygen atoms in total. The van der Waals surface area contributed by atoms with Crippen molar-refractivity contribution in [1.29, 1.82) is 0 Å². The minimum atomic E-state index is -0.761. The predicted octanol–water partition coefficient (Wildman–Crippen LogP) is 2.50. The third-order valence-corrected chi connectivity index (χ3v) is 3.99. The summed E-state index contributed by atoms with van der Waals surface area (Å²) in [5, 5.41) is 17.3. The number of amides is 3. The predicted molar refractivity (Wildman–Crippen MR) is 115 cm³/mol. The fraction of sp³-hybridized carbons (Fsp3) is 0.364. The van der Waals surface area contributed by atoms with Crippen molar-refractivity contribution in [3.05, 3.63) is 53.7 Å². The second-order valence-electron chi connectivity index (χ2n) is 8.02. The molecule has 0 saturated heterocycles. The number of anilines is 1. The Balaban J connectivity index is 1.93. The average molecular weight is 428 g/mol. The van der Waals surface area contributed by atoms with E-state index < -0.39 is 17.7 Å². The molecule has 0 saturated carbocycles. The number of carbonyl (C=O) groups excluding carboxylic acids is 3. The molecule has 0 unspecified atom stereocenters. The molecule has 1 atom stereocenters. The molecule has 1 aromatic carbocycles. The first kappa shape index (κ1) is 23.7. The zero-order valence-electron chi connectivity index (χ0n) is 18.1. The normalized spacial score (nSPS) is 11.9. The van der Waals surface area contributed by atoms with Crippen LogP contribution in [0.1, 0.15) is 38.8 Å². The van der Waals surface area contributed by atoms with E-state index in [-0.39, 0.29) is 30.5 Å². The Morgan fingerprint density at radius 3 is 2.26 bits per heavy atom.